The molecule has 2 aromatic rings. The van der Waals surface area contributed by atoms with E-state index in [-0.39, 0.29) is 0 Å². The topological polar surface area (TPSA) is 17.1 Å². The monoisotopic (exact) mass is 268 g/mol. The Morgan fingerprint density at radius 3 is 2.00 bits per heavy atom. The molecule has 2 rings (SSSR count). The summed E-state index contributed by atoms with van der Waals surface area (Å²) >= 11 is 0. The van der Waals surface area contributed by atoms with Gasteiger partial charge in [0, 0.05) is 6.42 Å². The van der Waals surface area contributed by atoms with Gasteiger partial charge in [0.25, 0.3) is 0 Å². The van der Waals surface area contributed by atoms with Crippen molar-refractivity contribution in [3.05, 3.63) is 66.2 Å². The summed E-state index contributed by atoms with van der Waals surface area (Å²) in [7, 11) is -1.70. The lowest BCUT2D eigenvalue weighted by molar-refractivity contribution is -0.107. The Kier molecular flexibility index (Phi) is 4.33. The van der Waals surface area contributed by atoms with Crippen LogP contribution in [0.5, 0.6) is 0 Å². The maximum atomic E-state index is 11.1. The van der Waals surface area contributed by atoms with Gasteiger partial charge in [-0.05, 0) is 11.1 Å². The van der Waals surface area contributed by atoms with Crippen LogP contribution >= 0.6 is 0 Å². The maximum Gasteiger partial charge on any atom is 0.120 e. The molecule has 0 spiro atoms. The third kappa shape index (κ3) is 3.02. The predicted octanol–water partition coefficient (Wildman–Crippen LogP) is 3.51. The quantitative estimate of drug-likeness (QED) is 0.599. The first-order valence-corrected chi connectivity index (χ1v) is 9.78. The molecule has 0 heterocycles. The van der Waals surface area contributed by atoms with Crippen molar-refractivity contribution in [1.82, 2.24) is 0 Å². The Balaban J connectivity index is 2.41. The molecule has 0 aliphatic rings. The van der Waals surface area contributed by atoms with E-state index in [4.69, 9.17) is 0 Å². The second-order valence-corrected chi connectivity index (χ2v) is 10.2. The first-order chi connectivity index (χ1) is 9.16. The fourth-order valence-electron chi connectivity index (χ4n) is 2.70. The molecule has 0 aliphatic carbocycles. The lowest BCUT2D eigenvalue weighted by Crippen LogP contribution is -2.47. The highest BCUT2D eigenvalue weighted by Gasteiger charge is 2.34. The van der Waals surface area contributed by atoms with Gasteiger partial charge in [-0.2, -0.15) is 0 Å². The predicted molar refractivity (Wildman–Crippen MR) is 83.4 cm³/mol. The van der Waals surface area contributed by atoms with Gasteiger partial charge in [0.15, 0.2) is 0 Å². The van der Waals surface area contributed by atoms with Crippen molar-refractivity contribution >= 4 is 19.5 Å². The van der Waals surface area contributed by atoms with Crippen LogP contribution in [-0.4, -0.2) is 14.4 Å². The minimum atomic E-state index is -1.70. The molecule has 0 N–H and O–H groups in total. The summed E-state index contributed by atoms with van der Waals surface area (Å²) in [6.45, 7) is 4.70. The smallest absolute Gasteiger partial charge is 0.120 e. The van der Waals surface area contributed by atoms with Crippen LogP contribution in [0, 0.1) is 0 Å². The zero-order valence-electron chi connectivity index (χ0n) is 11.5. The summed E-state index contributed by atoms with van der Waals surface area (Å²) in [4.78, 5) is 11.1. The van der Waals surface area contributed by atoms with Crippen molar-refractivity contribution in [3.8, 4) is 0 Å². The Hall–Kier alpha value is -1.67. The SMILES string of the molecule is C[Si](C)(c1ccccc1)[C@H](CC=O)c1ccccc1. The van der Waals surface area contributed by atoms with Crippen LogP contribution in [0.2, 0.25) is 13.1 Å². The average molecular weight is 268 g/mol. The van der Waals surface area contributed by atoms with Gasteiger partial charge >= 0.3 is 0 Å². The maximum absolute atomic E-state index is 11.1. The van der Waals surface area contributed by atoms with E-state index in [0.29, 0.717) is 12.0 Å². The molecular weight excluding hydrogens is 248 g/mol. The molecule has 0 saturated heterocycles. The van der Waals surface area contributed by atoms with Gasteiger partial charge in [-0.3, -0.25) is 0 Å². The lowest BCUT2D eigenvalue weighted by atomic mass is 10.1. The number of rotatable bonds is 5. The Labute approximate surface area is 116 Å². The highest BCUT2D eigenvalue weighted by Crippen LogP contribution is 2.29. The Morgan fingerprint density at radius 2 is 1.47 bits per heavy atom. The van der Waals surface area contributed by atoms with Gasteiger partial charge in [-0.1, -0.05) is 78.9 Å². The highest BCUT2D eigenvalue weighted by atomic mass is 28.3. The van der Waals surface area contributed by atoms with Crippen molar-refractivity contribution in [1.29, 1.82) is 0 Å². The van der Waals surface area contributed by atoms with E-state index in [1.165, 1.54) is 10.8 Å². The summed E-state index contributed by atoms with van der Waals surface area (Å²) in [6, 6.07) is 21.1. The van der Waals surface area contributed by atoms with E-state index in [9.17, 15) is 4.79 Å². The van der Waals surface area contributed by atoms with Crippen molar-refractivity contribution in [3.63, 3.8) is 0 Å². The summed E-state index contributed by atoms with van der Waals surface area (Å²) in [5.74, 6) is 0. The third-order valence-corrected chi connectivity index (χ3v) is 8.06. The van der Waals surface area contributed by atoms with Gasteiger partial charge < -0.3 is 4.79 Å². The van der Waals surface area contributed by atoms with E-state index in [1.807, 2.05) is 12.1 Å². The number of hydrogen-bond acceptors (Lipinski definition) is 1. The summed E-state index contributed by atoms with van der Waals surface area (Å²) < 4.78 is 0. The summed E-state index contributed by atoms with van der Waals surface area (Å²) in [5.41, 5.74) is 1.63. The molecule has 1 atom stereocenters. The van der Waals surface area contributed by atoms with Gasteiger partial charge in [-0.25, -0.2) is 0 Å². The van der Waals surface area contributed by atoms with Gasteiger partial charge in [-0.15, -0.1) is 0 Å². The molecule has 0 aromatic heterocycles. The number of hydrogen-bond donors (Lipinski definition) is 0. The van der Waals surface area contributed by atoms with Gasteiger partial charge in [0.05, 0.1) is 8.07 Å². The van der Waals surface area contributed by atoms with Crippen molar-refractivity contribution < 1.29 is 4.79 Å². The first kappa shape index (κ1) is 13.8. The number of aldehydes is 1. The normalized spacial score (nSPS) is 12.9. The van der Waals surface area contributed by atoms with Crippen molar-refractivity contribution in [2.24, 2.45) is 0 Å². The largest absolute Gasteiger partial charge is 0.303 e. The minimum Gasteiger partial charge on any atom is -0.303 e. The molecule has 19 heavy (non-hydrogen) atoms. The fourth-order valence-corrected chi connectivity index (χ4v) is 5.86. The van der Waals surface area contributed by atoms with Crippen LogP contribution < -0.4 is 5.19 Å². The Morgan fingerprint density at radius 1 is 0.947 bits per heavy atom. The molecule has 98 valence electrons. The van der Waals surface area contributed by atoms with Gasteiger partial charge in [0.2, 0.25) is 0 Å². The van der Waals surface area contributed by atoms with Crippen LogP contribution in [0.4, 0.5) is 0 Å². The van der Waals surface area contributed by atoms with Crippen LogP contribution in [0.1, 0.15) is 17.5 Å². The van der Waals surface area contributed by atoms with Crippen molar-refractivity contribution in [2.45, 2.75) is 25.1 Å². The zero-order chi connectivity index (χ0) is 13.7. The third-order valence-electron chi connectivity index (χ3n) is 3.92. The molecule has 2 heteroatoms. The van der Waals surface area contributed by atoms with E-state index in [0.717, 1.165) is 6.29 Å². The number of carbonyl (C=O) groups excluding carboxylic acids is 1. The molecule has 0 bridgehead atoms. The number of benzene rings is 2. The zero-order valence-corrected chi connectivity index (χ0v) is 12.5. The van der Waals surface area contributed by atoms with Crippen molar-refractivity contribution in [2.75, 3.05) is 0 Å². The van der Waals surface area contributed by atoms with Crippen LogP contribution in [0.25, 0.3) is 0 Å². The number of carbonyl (C=O) groups is 1. The second kappa shape index (κ2) is 5.98. The molecule has 2 aromatic carbocycles. The molecule has 0 aliphatic heterocycles. The molecule has 1 nitrogen and oxygen atoms in total. The average Bonchev–Trinajstić information content (AvgIpc) is 2.46. The minimum absolute atomic E-state index is 0.341. The highest BCUT2D eigenvalue weighted by molar-refractivity contribution is 6.91. The second-order valence-electron chi connectivity index (χ2n) is 5.45. The first-order valence-electron chi connectivity index (χ1n) is 6.70. The summed E-state index contributed by atoms with van der Waals surface area (Å²) in [6.07, 6.45) is 1.67. The van der Waals surface area contributed by atoms with E-state index in [2.05, 4.69) is 61.6 Å². The molecular formula is C17H20OSi. The molecule has 0 saturated carbocycles. The lowest BCUT2D eigenvalue weighted by Gasteiger charge is -2.32. The van der Waals surface area contributed by atoms with Crippen LogP contribution in [0.3, 0.4) is 0 Å². The van der Waals surface area contributed by atoms with Gasteiger partial charge in [0.1, 0.15) is 6.29 Å². The summed E-state index contributed by atoms with van der Waals surface area (Å²) in [5, 5.41) is 1.41. The van der Waals surface area contributed by atoms with Crippen LogP contribution in [0.15, 0.2) is 60.7 Å². The molecule has 0 radical (unpaired) electrons. The van der Waals surface area contributed by atoms with Crippen LogP contribution in [-0.2, 0) is 4.79 Å². The van der Waals surface area contributed by atoms with E-state index >= 15 is 0 Å². The molecule has 0 fully saturated rings. The Bertz CT molecular complexity index is 519. The molecule has 0 amide bonds. The fraction of sp³-hybridized carbons (Fsp3) is 0.235. The van der Waals surface area contributed by atoms with E-state index in [1.54, 1.807) is 0 Å². The standard InChI is InChI=1S/C17H20OSi/c1-19(2,16-11-7-4-8-12-16)17(13-14-18)15-9-5-3-6-10-15/h3-12,14,17H,13H2,1-2H3/t17-/m1/s1. The molecule has 0 unspecified atom stereocenters. The van der Waals surface area contributed by atoms with E-state index < -0.39 is 8.07 Å².